The molecule has 3 nitrogen and oxygen atoms in total. The van der Waals surface area contributed by atoms with Crippen molar-refractivity contribution in [3.05, 3.63) is 0 Å². The van der Waals surface area contributed by atoms with Crippen LogP contribution in [0.4, 0.5) is 0 Å². The normalized spacial score (nSPS) is 12.2. The fraction of sp³-hybridized carbons (Fsp3) is 0.818. The lowest BCUT2D eigenvalue weighted by Gasteiger charge is -2.08. The van der Waals surface area contributed by atoms with E-state index in [1.54, 1.807) is 0 Å². The molecule has 0 aromatic heterocycles. The molecule has 80 valence electrons. The first-order valence-corrected chi connectivity index (χ1v) is 5.29. The maximum Gasteiger partial charge on any atom is 0.237 e. The van der Waals surface area contributed by atoms with Crippen molar-refractivity contribution in [1.29, 1.82) is 5.26 Å². The van der Waals surface area contributed by atoms with Gasteiger partial charge in [-0.2, -0.15) is 5.26 Å². The molecule has 0 spiro atoms. The zero-order valence-corrected chi connectivity index (χ0v) is 9.34. The number of hydrogen-bond donors (Lipinski definition) is 1. The van der Waals surface area contributed by atoms with Crippen LogP contribution in [0, 0.1) is 23.2 Å². The van der Waals surface area contributed by atoms with Crippen LogP contribution < -0.4 is 5.32 Å². The molecule has 0 aliphatic rings. The average molecular weight is 196 g/mol. The van der Waals surface area contributed by atoms with Crippen LogP contribution in [0.3, 0.4) is 0 Å². The summed E-state index contributed by atoms with van der Waals surface area (Å²) in [6.07, 6.45) is 2.70. The van der Waals surface area contributed by atoms with Gasteiger partial charge >= 0.3 is 0 Å². The molecular formula is C11H20N2O. The Labute approximate surface area is 86.5 Å². The monoisotopic (exact) mass is 196 g/mol. The van der Waals surface area contributed by atoms with E-state index in [1.807, 2.05) is 13.0 Å². The molecule has 14 heavy (non-hydrogen) atoms. The van der Waals surface area contributed by atoms with Gasteiger partial charge in [-0.05, 0) is 25.2 Å². The minimum Gasteiger partial charge on any atom is -0.355 e. The molecule has 0 heterocycles. The average Bonchev–Trinajstić information content (AvgIpc) is 2.14. The van der Waals surface area contributed by atoms with E-state index in [9.17, 15) is 4.79 Å². The highest BCUT2D eigenvalue weighted by molar-refractivity contribution is 5.80. The first-order valence-electron chi connectivity index (χ1n) is 5.29. The quantitative estimate of drug-likeness (QED) is 0.661. The van der Waals surface area contributed by atoms with E-state index in [0.717, 1.165) is 12.8 Å². The van der Waals surface area contributed by atoms with Gasteiger partial charge in [0.1, 0.15) is 5.92 Å². The Bertz CT molecular complexity index is 206. The van der Waals surface area contributed by atoms with Gasteiger partial charge in [0, 0.05) is 6.54 Å². The van der Waals surface area contributed by atoms with Gasteiger partial charge < -0.3 is 5.32 Å². The Balaban J connectivity index is 3.59. The molecule has 1 unspecified atom stereocenters. The van der Waals surface area contributed by atoms with Crippen LogP contribution >= 0.6 is 0 Å². The Morgan fingerprint density at radius 3 is 2.57 bits per heavy atom. The van der Waals surface area contributed by atoms with E-state index >= 15 is 0 Å². The lowest BCUT2D eigenvalue weighted by atomic mass is 10.1. The number of nitrogens with zero attached hydrogens (tertiary/aromatic N) is 1. The van der Waals surface area contributed by atoms with Crippen LogP contribution in [0.1, 0.15) is 40.0 Å². The number of carbonyl (C=O) groups excluding carboxylic acids is 1. The molecule has 0 aromatic rings. The summed E-state index contributed by atoms with van der Waals surface area (Å²) in [6.45, 7) is 6.86. The summed E-state index contributed by atoms with van der Waals surface area (Å²) < 4.78 is 0. The maximum atomic E-state index is 11.3. The molecule has 0 saturated heterocycles. The molecule has 0 aliphatic carbocycles. The summed E-state index contributed by atoms with van der Waals surface area (Å²) in [5.74, 6) is 0.0673. The first kappa shape index (κ1) is 13.0. The van der Waals surface area contributed by atoms with E-state index in [-0.39, 0.29) is 5.91 Å². The zero-order chi connectivity index (χ0) is 11.0. The Kier molecular flexibility index (Phi) is 6.82. The van der Waals surface area contributed by atoms with Crippen molar-refractivity contribution in [3.63, 3.8) is 0 Å². The van der Waals surface area contributed by atoms with Gasteiger partial charge in [-0.25, -0.2) is 0 Å². The lowest BCUT2D eigenvalue weighted by Crippen LogP contribution is -2.30. The smallest absolute Gasteiger partial charge is 0.237 e. The molecule has 0 fully saturated rings. The Morgan fingerprint density at radius 2 is 2.14 bits per heavy atom. The molecule has 0 saturated carbocycles. The van der Waals surface area contributed by atoms with Crippen LogP contribution in [0.2, 0.25) is 0 Å². The summed E-state index contributed by atoms with van der Waals surface area (Å²) in [5, 5.41) is 11.4. The number of nitrogens with one attached hydrogen (secondary N) is 1. The molecule has 3 heteroatoms. The van der Waals surface area contributed by atoms with Crippen molar-refractivity contribution in [2.75, 3.05) is 6.54 Å². The minimum absolute atomic E-state index is 0.126. The summed E-state index contributed by atoms with van der Waals surface area (Å²) in [6, 6.07) is 1.99. The van der Waals surface area contributed by atoms with Crippen LogP contribution in [0.5, 0.6) is 0 Å². The van der Waals surface area contributed by atoms with Crippen molar-refractivity contribution in [1.82, 2.24) is 5.32 Å². The van der Waals surface area contributed by atoms with Crippen molar-refractivity contribution in [2.24, 2.45) is 11.8 Å². The second kappa shape index (κ2) is 7.37. The molecule has 1 N–H and O–H groups in total. The number of carbonyl (C=O) groups is 1. The molecule has 1 atom stereocenters. The summed E-state index contributed by atoms with van der Waals surface area (Å²) in [7, 11) is 0. The standard InChI is InChI=1S/C11H20N2O/c1-4-10(8-12)11(14)13-7-5-6-9(2)3/h9-10H,4-7H2,1-3H3,(H,13,14). The fourth-order valence-electron chi connectivity index (χ4n) is 1.18. The highest BCUT2D eigenvalue weighted by atomic mass is 16.1. The molecule has 0 rings (SSSR count). The van der Waals surface area contributed by atoms with Crippen molar-refractivity contribution in [2.45, 2.75) is 40.0 Å². The molecule has 0 bridgehead atoms. The predicted octanol–water partition coefficient (Wildman–Crippen LogP) is 2.09. The zero-order valence-electron chi connectivity index (χ0n) is 9.34. The second-order valence-corrected chi connectivity index (χ2v) is 3.92. The van der Waals surface area contributed by atoms with Crippen molar-refractivity contribution < 1.29 is 4.79 Å². The number of nitriles is 1. The van der Waals surface area contributed by atoms with Crippen LogP contribution in [0.25, 0.3) is 0 Å². The van der Waals surface area contributed by atoms with E-state index < -0.39 is 5.92 Å². The third-order valence-electron chi connectivity index (χ3n) is 2.14. The van der Waals surface area contributed by atoms with Gasteiger partial charge in [-0.15, -0.1) is 0 Å². The van der Waals surface area contributed by atoms with Crippen LogP contribution in [-0.4, -0.2) is 12.5 Å². The summed E-state index contributed by atoms with van der Waals surface area (Å²) in [5.41, 5.74) is 0. The largest absolute Gasteiger partial charge is 0.355 e. The van der Waals surface area contributed by atoms with Crippen molar-refractivity contribution in [3.8, 4) is 6.07 Å². The minimum atomic E-state index is -0.478. The van der Waals surface area contributed by atoms with Crippen molar-refractivity contribution >= 4 is 5.91 Å². The van der Waals surface area contributed by atoms with Gasteiger partial charge in [0.05, 0.1) is 6.07 Å². The van der Waals surface area contributed by atoms with E-state index in [4.69, 9.17) is 5.26 Å². The molecule has 0 radical (unpaired) electrons. The number of rotatable bonds is 6. The SMILES string of the molecule is CCC(C#N)C(=O)NCCCC(C)C. The first-order chi connectivity index (χ1) is 6.61. The van der Waals surface area contributed by atoms with Gasteiger partial charge in [-0.3, -0.25) is 4.79 Å². The molecule has 0 aliphatic heterocycles. The predicted molar refractivity (Wildman–Crippen MR) is 56.5 cm³/mol. The second-order valence-electron chi connectivity index (χ2n) is 3.92. The molecular weight excluding hydrogens is 176 g/mol. The maximum absolute atomic E-state index is 11.3. The van der Waals surface area contributed by atoms with Crippen LogP contribution in [-0.2, 0) is 4.79 Å². The van der Waals surface area contributed by atoms with Gasteiger partial charge in [0.2, 0.25) is 5.91 Å². The Morgan fingerprint density at radius 1 is 1.50 bits per heavy atom. The van der Waals surface area contributed by atoms with E-state index in [1.165, 1.54) is 0 Å². The van der Waals surface area contributed by atoms with Gasteiger partial charge in [-0.1, -0.05) is 20.8 Å². The highest BCUT2D eigenvalue weighted by Gasteiger charge is 2.13. The van der Waals surface area contributed by atoms with E-state index in [0.29, 0.717) is 18.9 Å². The number of amides is 1. The summed E-state index contributed by atoms with van der Waals surface area (Å²) in [4.78, 5) is 11.3. The highest BCUT2D eigenvalue weighted by Crippen LogP contribution is 2.03. The number of hydrogen-bond acceptors (Lipinski definition) is 2. The van der Waals surface area contributed by atoms with Gasteiger partial charge in [0.25, 0.3) is 0 Å². The van der Waals surface area contributed by atoms with Crippen LogP contribution in [0.15, 0.2) is 0 Å². The third kappa shape index (κ3) is 5.58. The molecule has 0 aromatic carbocycles. The summed E-state index contributed by atoms with van der Waals surface area (Å²) >= 11 is 0. The van der Waals surface area contributed by atoms with E-state index in [2.05, 4.69) is 19.2 Å². The Hall–Kier alpha value is -1.04. The van der Waals surface area contributed by atoms with Gasteiger partial charge in [0.15, 0.2) is 0 Å². The topological polar surface area (TPSA) is 52.9 Å². The third-order valence-corrected chi connectivity index (χ3v) is 2.14. The lowest BCUT2D eigenvalue weighted by molar-refractivity contribution is -0.123. The fourth-order valence-corrected chi connectivity index (χ4v) is 1.18. The molecule has 1 amide bonds.